The Labute approximate surface area is 226 Å². The van der Waals surface area contributed by atoms with E-state index in [1.54, 1.807) is 29.2 Å². The van der Waals surface area contributed by atoms with Gasteiger partial charge in [0.2, 0.25) is 0 Å². The van der Waals surface area contributed by atoms with E-state index in [1.807, 2.05) is 32.9 Å². The van der Waals surface area contributed by atoms with Crippen LogP contribution in [-0.2, 0) is 0 Å². The summed E-state index contributed by atoms with van der Waals surface area (Å²) in [6.45, 7) is 5.68. The zero-order valence-corrected chi connectivity index (χ0v) is 21.5. The van der Waals surface area contributed by atoms with Crippen LogP contribution >= 0.6 is 0 Å². The first-order chi connectivity index (χ1) is 19.1. The molecule has 0 amide bonds. The van der Waals surface area contributed by atoms with E-state index in [2.05, 4.69) is 9.97 Å². The lowest BCUT2D eigenvalue weighted by molar-refractivity contribution is 0.449. The number of aromatic nitrogens is 2. The topological polar surface area (TPSA) is 29.0 Å². The lowest BCUT2D eigenvalue weighted by atomic mass is 10.0. The Kier molecular flexibility index (Phi) is 7.06. The van der Waals surface area contributed by atoms with Crippen molar-refractivity contribution in [1.82, 2.24) is 9.97 Å². The maximum absolute atomic E-state index is 14.7. The summed E-state index contributed by atoms with van der Waals surface area (Å²) >= 11 is 0. The van der Waals surface area contributed by atoms with E-state index in [1.165, 1.54) is 12.1 Å². The van der Waals surface area contributed by atoms with Crippen molar-refractivity contribution in [2.45, 2.75) is 20.8 Å². The van der Waals surface area contributed by atoms with Crippen LogP contribution in [0, 0.1) is 55.7 Å². The Hall–Kier alpha value is -4.66. The van der Waals surface area contributed by atoms with E-state index in [0.29, 0.717) is 5.69 Å². The minimum Gasteiger partial charge on any atom is -0.278 e. The molecule has 0 atom stereocenters. The average molecular weight is 550 g/mol. The Balaban J connectivity index is 1.73. The van der Waals surface area contributed by atoms with E-state index in [9.17, 15) is 26.3 Å². The molecule has 5 aromatic rings. The molecule has 40 heavy (non-hydrogen) atoms. The van der Waals surface area contributed by atoms with Crippen molar-refractivity contribution in [3.63, 3.8) is 0 Å². The summed E-state index contributed by atoms with van der Waals surface area (Å²) in [6, 6.07) is 17.0. The predicted molar refractivity (Wildman–Crippen MR) is 142 cm³/mol. The maximum atomic E-state index is 14.7. The van der Waals surface area contributed by atoms with Crippen LogP contribution in [0.2, 0.25) is 0 Å². The van der Waals surface area contributed by atoms with Gasteiger partial charge in [-0.25, -0.2) is 36.3 Å². The van der Waals surface area contributed by atoms with Crippen LogP contribution in [0.15, 0.2) is 72.8 Å². The van der Waals surface area contributed by atoms with Gasteiger partial charge >= 0.3 is 0 Å². The zero-order chi connectivity index (χ0) is 28.7. The molecule has 0 saturated heterocycles. The van der Waals surface area contributed by atoms with Crippen LogP contribution in [0.3, 0.4) is 0 Å². The van der Waals surface area contributed by atoms with Crippen molar-refractivity contribution in [2.75, 3.05) is 4.90 Å². The minimum atomic E-state index is -1.62. The van der Waals surface area contributed by atoms with Crippen LogP contribution in [0.1, 0.15) is 16.7 Å². The Morgan fingerprint density at radius 1 is 0.525 bits per heavy atom. The lowest BCUT2D eigenvalue weighted by Crippen LogP contribution is -2.16. The molecule has 0 aliphatic rings. The molecule has 2 aromatic heterocycles. The molecule has 3 aromatic carbocycles. The third-order valence-electron chi connectivity index (χ3n) is 6.41. The minimum absolute atomic E-state index is 0.0316. The van der Waals surface area contributed by atoms with Gasteiger partial charge in [-0.15, -0.1) is 0 Å². The third kappa shape index (κ3) is 4.79. The van der Waals surface area contributed by atoms with Gasteiger partial charge in [0, 0.05) is 11.1 Å². The van der Waals surface area contributed by atoms with Gasteiger partial charge in [-0.2, -0.15) is 0 Å². The van der Waals surface area contributed by atoms with Crippen molar-refractivity contribution in [2.24, 2.45) is 0 Å². The van der Waals surface area contributed by atoms with Gasteiger partial charge in [0.25, 0.3) is 0 Å². The molecule has 0 aliphatic heterocycles. The number of pyridine rings is 2. The van der Waals surface area contributed by atoms with Gasteiger partial charge in [0.1, 0.15) is 11.6 Å². The van der Waals surface area contributed by atoms with Gasteiger partial charge in [-0.3, -0.25) is 4.90 Å². The smallest absolute Gasteiger partial charge is 0.195 e. The van der Waals surface area contributed by atoms with Gasteiger partial charge in [-0.05, 0) is 80.4 Å². The van der Waals surface area contributed by atoms with Gasteiger partial charge in [0.15, 0.2) is 34.9 Å². The summed E-state index contributed by atoms with van der Waals surface area (Å²) in [6.07, 6.45) is 0. The largest absolute Gasteiger partial charge is 0.278 e. The van der Waals surface area contributed by atoms with Crippen LogP contribution in [0.25, 0.3) is 22.5 Å². The fraction of sp³-hybridized carbons (Fsp3) is 0.0968. The summed E-state index contributed by atoms with van der Waals surface area (Å²) < 4.78 is 84.5. The molecule has 0 saturated carbocycles. The molecular weight excluding hydrogens is 528 g/mol. The number of nitrogens with zero attached hydrogens (tertiary/aromatic N) is 3. The Morgan fingerprint density at radius 2 is 0.950 bits per heavy atom. The van der Waals surface area contributed by atoms with Crippen molar-refractivity contribution in [3.8, 4) is 22.5 Å². The number of hydrogen-bond donors (Lipinski definition) is 0. The summed E-state index contributed by atoms with van der Waals surface area (Å²) in [5.41, 5.74) is 2.89. The highest BCUT2D eigenvalue weighted by molar-refractivity contribution is 5.79. The van der Waals surface area contributed by atoms with Crippen LogP contribution in [-0.4, -0.2) is 9.97 Å². The molecule has 5 rings (SSSR count). The highest BCUT2D eigenvalue weighted by Crippen LogP contribution is 2.39. The average Bonchev–Trinajstić information content (AvgIpc) is 2.92. The molecule has 202 valence electrons. The van der Waals surface area contributed by atoms with Gasteiger partial charge in [-0.1, -0.05) is 29.8 Å². The molecule has 0 spiro atoms. The number of hydrogen-bond acceptors (Lipinski definition) is 3. The normalized spacial score (nSPS) is 11.1. The van der Waals surface area contributed by atoms with Crippen molar-refractivity contribution in [1.29, 1.82) is 0 Å². The first-order valence-electron chi connectivity index (χ1n) is 12.2. The van der Waals surface area contributed by atoms with Crippen molar-refractivity contribution >= 4 is 17.3 Å². The summed E-state index contributed by atoms with van der Waals surface area (Å²) in [7, 11) is 0. The highest BCUT2D eigenvalue weighted by Gasteiger charge is 2.23. The first-order valence-corrected chi connectivity index (χ1v) is 12.2. The number of rotatable bonds is 5. The van der Waals surface area contributed by atoms with Gasteiger partial charge < -0.3 is 0 Å². The van der Waals surface area contributed by atoms with Crippen LogP contribution in [0.5, 0.6) is 0 Å². The van der Waals surface area contributed by atoms with E-state index >= 15 is 0 Å². The summed E-state index contributed by atoms with van der Waals surface area (Å²) in [4.78, 5) is 10.7. The molecule has 9 heteroatoms. The predicted octanol–water partition coefficient (Wildman–Crippen LogP) is 9.04. The number of aryl methyl sites for hydroxylation is 3. The van der Waals surface area contributed by atoms with Crippen molar-refractivity contribution < 1.29 is 26.3 Å². The molecule has 0 radical (unpaired) electrons. The molecule has 0 fully saturated rings. The quantitative estimate of drug-likeness (QED) is 0.162. The fourth-order valence-electron chi connectivity index (χ4n) is 4.71. The van der Waals surface area contributed by atoms with E-state index in [4.69, 9.17) is 0 Å². The van der Waals surface area contributed by atoms with E-state index in [-0.39, 0.29) is 34.2 Å². The standard InChI is InChI=1S/C31H21F6N3/c1-16-14-17(2)31(18(3)15-16)40(25-8-4-6-23(38-25)19-10-12-21(32)29(36)27(19)34)26-9-5-7-24(39-26)20-11-13-22(33)30(37)28(20)35/h4-15H,1-3H3. The van der Waals surface area contributed by atoms with E-state index in [0.717, 1.165) is 41.0 Å². The molecule has 3 nitrogen and oxygen atoms in total. The molecule has 0 N–H and O–H groups in total. The summed E-state index contributed by atoms with van der Waals surface area (Å²) in [5, 5.41) is 0. The second kappa shape index (κ2) is 10.5. The Morgan fingerprint density at radius 3 is 1.38 bits per heavy atom. The second-order valence-electron chi connectivity index (χ2n) is 9.29. The van der Waals surface area contributed by atoms with E-state index < -0.39 is 34.9 Å². The first kappa shape index (κ1) is 26.9. The Bertz CT molecular complexity index is 1650. The molecule has 2 heterocycles. The molecular formula is C31H21F6N3. The highest BCUT2D eigenvalue weighted by atomic mass is 19.2. The molecule has 0 bridgehead atoms. The molecule has 0 unspecified atom stereocenters. The maximum Gasteiger partial charge on any atom is 0.195 e. The third-order valence-corrected chi connectivity index (χ3v) is 6.41. The number of benzene rings is 3. The van der Waals surface area contributed by atoms with Crippen molar-refractivity contribution in [3.05, 3.63) is 124 Å². The fourth-order valence-corrected chi connectivity index (χ4v) is 4.71. The van der Waals surface area contributed by atoms with Crippen LogP contribution < -0.4 is 4.90 Å². The van der Waals surface area contributed by atoms with Gasteiger partial charge in [0.05, 0.1) is 17.1 Å². The number of anilines is 3. The lowest BCUT2D eigenvalue weighted by Gasteiger charge is -2.27. The summed E-state index contributed by atoms with van der Waals surface area (Å²) in [5.74, 6) is -8.16. The monoisotopic (exact) mass is 549 g/mol. The SMILES string of the molecule is Cc1cc(C)c(N(c2cccc(-c3ccc(F)c(F)c3F)n2)c2cccc(-c3ccc(F)c(F)c3F)n2)c(C)c1. The zero-order valence-electron chi connectivity index (χ0n) is 21.5. The number of halogens is 6. The van der Waals surface area contributed by atoms with Crippen LogP contribution in [0.4, 0.5) is 43.7 Å². The molecule has 0 aliphatic carbocycles. The second-order valence-corrected chi connectivity index (χ2v) is 9.29.